The number of benzene rings is 1. The molecule has 6 heteroatoms. The van der Waals surface area contributed by atoms with Crippen LogP contribution in [0.25, 0.3) is 0 Å². The zero-order valence-electron chi connectivity index (χ0n) is 15.0. The number of likely N-dealkylation sites (tertiary alicyclic amines) is 1. The summed E-state index contributed by atoms with van der Waals surface area (Å²) in [5.41, 5.74) is 2.83. The molecule has 0 saturated carbocycles. The van der Waals surface area contributed by atoms with Crippen LogP contribution in [0.15, 0.2) is 28.8 Å². The van der Waals surface area contributed by atoms with Crippen LogP contribution in [0, 0.1) is 12.8 Å². The Hall–Kier alpha value is -2.21. The van der Waals surface area contributed by atoms with Crippen molar-refractivity contribution in [1.29, 1.82) is 0 Å². The second-order valence-electron chi connectivity index (χ2n) is 6.80. The zero-order chi connectivity index (χ0) is 17.6. The number of rotatable bonds is 6. The molecule has 1 aliphatic heterocycles. The van der Waals surface area contributed by atoms with Crippen LogP contribution in [-0.2, 0) is 13.0 Å². The number of piperidine rings is 1. The van der Waals surface area contributed by atoms with Crippen LogP contribution in [0.5, 0.6) is 0 Å². The van der Waals surface area contributed by atoms with Gasteiger partial charge in [-0.1, -0.05) is 29.4 Å². The Bertz CT molecular complexity index is 713. The molecule has 1 aromatic carbocycles. The minimum absolute atomic E-state index is 0.0330. The maximum Gasteiger partial charge on any atom is 0.315 e. The van der Waals surface area contributed by atoms with Gasteiger partial charge in [0.25, 0.3) is 0 Å². The lowest BCUT2D eigenvalue weighted by Gasteiger charge is -2.32. The minimum atomic E-state index is -0.339. The second-order valence-corrected chi connectivity index (χ2v) is 6.80. The molecular weight excluding hydrogens is 316 g/mol. The van der Waals surface area contributed by atoms with Gasteiger partial charge in [-0.3, -0.25) is 9.69 Å². The third-order valence-electron chi connectivity index (χ3n) is 4.94. The molecule has 0 spiro atoms. The highest BCUT2D eigenvalue weighted by molar-refractivity contribution is 5.89. The highest BCUT2D eigenvalue weighted by atomic mass is 16.5. The Balaban J connectivity index is 1.52. The third-order valence-corrected chi connectivity index (χ3v) is 4.94. The summed E-state index contributed by atoms with van der Waals surface area (Å²) in [4.78, 5) is 18.0. The van der Waals surface area contributed by atoms with Crippen molar-refractivity contribution in [2.75, 3.05) is 20.1 Å². The van der Waals surface area contributed by atoms with Crippen molar-refractivity contribution < 1.29 is 9.32 Å². The summed E-state index contributed by atoms with van der Waals surface area (Å²) in [6.45, 7) is 4.92. The second kappa shape index (κ2) is 8.25. The molecule has 1 atom stereocenters. The quantitative estimate of drug-likeness (QED) is 0.874. The molecule has 1 unspecified atom stereocenters. The van der Waals surface area contributed by atoms with E-state index in [-0.39, 0.29) is 11.8 Å². The molecule has 0 bridgehead atoms. The summed E-state index contributed by atoms with van der Waals surface area (Å²) in [5.74, 6) is 0.968. The fraction of sp³-hybridized carbons (Fsp3) is 0.526. The first kappa shape index (κ1) is 17.6. The van der Waals surface area contributed by atoms with E-state index < -0.39 is 0 Å². The molecule has 0 radical (unpaired) electrons. The fourth-order valence-corrected chi connectivity index (χ4v) is 3.50. The van der Waals surface area contributed by atoms with E-state index in [0.29, 0.717) is 18.3 Å². The Kier molecular flexibility index (Phi) is 5.81. The number of aromatic nitrogens is 2. The molecule has 2 heterocycles. The molecule has 1 N–H and O–H groups in total. The first-order valence-corrected chi connectivity index (χ1v) is 8.97. The number of carbonyl (C=O) groups is 1. The zero-order valence-corrected chi connectivity index (χ0v) is 15.0. The number of amides is 1. The lowest BCUT2D eigenvalue weighted by atomic mass is 9.90. The van der Waals surface area contributed by atoms with E-state index >= 15 is 0 Å². The summed E-state index contributed by atoms with van der Waals surface area (Å²) in [6, 6.07) is 8.63. The number of aryl methyl sites for hydroxylation is 2. The molecule has 1 aliphatic rings. The number of nitrogens with one attached hydrogen (secondary N) is 1. The van der Waals surface area contributed by atoms with Gasteiger partial charge in [0, 0.05) is 13.6 Å². The van der Waals surface area contributed by atoms with Gasteiger partial charge in [-0.15, -0.1) is 0 Å². The van der Waals surface area contributed by atoms with Gasteiger partial charge < -0.3 is 9.84 Å². The van der Waals surface area contributed by atoms with Crippen molar-refractivity contribution in [3.63, 3.8) is 0 Å². The van der Waals surface area contributed by atoms with Gasteiger partial charge in [-0.25, -0.2) is 0 Å². The molecule has 1 amide bonds. The van der Waals surface area contributed by atoms with Crippen LogP contribution >= 0.6 is 0 Å². The Labute approximate surface area is 148 Å². The van der Waals surface area contributed by atoms with Crippen molar-refractivity contribution in [3.05, 3.63) is 47.1 Å². The molecule has 1 fully saturated rings. The molecule has 0 aliphatic carbocycles. The lowest BCUT2D eigenvalue weighted by molar-refractivity contribution is 0.0919. The van der Waals surface area contributed by atoms with Crippen LogP contribution in [0.2, 0.25) is 0 Å². The highest BCUT2D eigenvalue weighted by Crippen LogP contribution is 2.23. The minimum Gasteiger partial charge on any atom is -0.351 e. The van der Waals surface area contributed by atoms with E-state index in [0.717, 1.165) is 19.5 Å². The molecular formula is C19H26N4O2. The van der Waals surface area contributed by atoms with Gasteiger partial charge in [0.1, 0.15) is 0 Å². The van der Waals surface area contributed by atoms with Crippen molar-refractivity contribution in [2.45, 2.75) is 39.2 Å². The van der Waals surface area contributed by atoms with Gasteiger partial charge in [-0.05, 0) is 56.2 Å². The third kappa shape index (κ3) is 4.66. The summed E-state index contributed by atoms with van der Waals surface area (Å²) in [5, 5.41) is 6.41. The number of hydrogen-bond donors (Lipinski definition) is 1. The largest absolute Gasteiger partial charge is 0.351 e. The molecule has 134 valence electrons. The number of nitrogens with zero attached hydrogens (tertiary/aromatic N) is 3. The molecule has 25 heavy (non-hydrogen) atoms. The first-order chi connectivity index (χ1) is 12.2. The standard InChI is InChI=1S/C19H26N4O2/c1-14-6-3-4-8-16(14)10-9-15-7-5-11-23(12-15)13-17-21-19(25-22-17)18(24)20-2/h3-4,6,8,15H,5,7,9-13H2,1-2H3,(H,20,24). The predicted octanol–water partition coefficient (Wildman–Crippen LogP) is 2.58. The average Bonchev–Trinajstić information content (AvgIpc) is 3.09. The Morgan fingerprint density at radius 1 is 1.40 bits per heavy atom. The van der Waals surface area contributed by atoms with Crippen molar-refractivity contribution in [3.8, 4) is 0 Å². The molecule has 2 aromatic rings. The maximum atomic E-state index is 11.5. The van der Waals surface area contributed by atoms with Crippen molar-refractivity contribution in [2.24, 2.45) is 5.92 Å². The van der Waals surface area contributed by atoms with E-state index in [4.69, 9.17) is 4.52 Å². The lowest BCUT2D eigenvalue weighted by Crippen LogP contribution is -2.35. The Morgan fingerprint density at radius 3 is 3.04 bits per heavy atom. The smallest absolute Gasteiger partial charge is 0.315 e. The predicted molar refractivity (Wildman–Crippen MR) is 95.2 cm³/mol. The van der Waals surface area contributed by atoms with Gasteiger partial charge in [0.15, 0.2) is 5.82 Å². The maximum absolute atomic E-state index is 11.5. The van der Waals surface area contributed by atoms with Crippen LogP contribution < -0.4 is 5.32 Å². The molecule has 1 aromatic heterocycles. The molecule has 1 saturated heterocycles. The van der Waals surface area contributed by atoms with E-state index in [1.807, 2.05) is 0 Å². The van der Waals surface area contributed by atoms with Crippen LogP contribution in [-0.4, -0.2) is 41.1 Å². The number of hydrogen-bond acceptors (Lipinski definition) is 5. The van der Waals surface area contributed by atoms with Gasteiger partial charge in [-0.2, -0.15) is 4.98 Å². The van der Waals surface area contributed by atoms with Gasteiger partial charge in [0.05, 0.1) is 6.54 Å². The van der Waals surface area contributed by atoms with Crippen molar-refractivity contribution in [1.82, 2.24) is 20.4 Å². The average molecular weight is 342 g/mol. The molecule has 3 rings (SSSR count). The van der Waals surface area contributed by atoms with Crippen LogP contribution in [0.1, 0.15) is 46.9 Å². The highest BCUT2D eigenvalue weighted by Gasteiger charge is 2.22. The van der Waals surface area contributed by atoms with E-state index in [2.05, 4.69) is 51.5 Å². The summed E-state index contributed by atoms with van der Waals surface area (Å²) < 4.78 is 5.00. The fourth-order valence-electron chi connectivity index (χ4n) is 3.50. The number of carbonyl (C=O) groups excluding carboxylic acids is 1. The summed E-state index contributed by atoms with van der Waals surface area (Å²) >= 11 is 0. The van der Waals surface area contributed by atoms with E-state index in [1.54, 1.807) is 7.05 Å². The van der Waals surface area contributed by atoms with Gasteiger partial charge in [0.2, 0.25) is 0 Å². The normalized spacial score (nSPS) is 18.2. The molecule has 6 nitrogen and oxygen atoms in total. The van der Waals surface area contributed by atoms with Crippen molar-refractivity contribution >= 4 is 5.91 Å². The summed E-state index contributed by atoms with van der Waals surface area (Å²) in [7, 11) is 1.55. The van der Waals surface area contributed by atoms with Crippen LogP contribution in [0.3, 0.4) is 0 Å². The van der Waals surface area contributed by atoms with E-state index in [1.165, 1.54) is 30.4 Å². The van der Waals surface area contributed by atoms with E-state index in [9.17, 15) is 4.79 Å². The SMILES string of the molecule is CNC(=O)c1nc(CN2CCCC(CCc3ccccc3C)C2)no1. The topological polar surface area (TPSA) is 71.3 Å². The first-order valence-electron chi connectivity index (χ1n) is 8.97. The van der Waals surface area contributed by atoms with Crippen LogP contribution in [0.4, 0.5) is 0 Å². The Morgan fingerprint density at radius 2 is 2.24 bits per heavy atom. The van der Waals surface area contributed by atoms with Gasteiger partial charge >= 0.3 is 11.8 Å². The monoisotopic (exact) mass is 342 g/mol. The summed E-state index contributed by atoms with van der Waals surface area (Å²) in [6.07, 6.45) is 4.81.